The zero-order chi connectivity index (χ0) is 26.3. The highest BCUT2D eigenvalue weighted by atomic mass is 16.5. The number of hydrogen-bond donors (Lipinski definition) is 2. The molecule has 2 aromatic heterocycles. The van der Waals surface area contributed by atoms with E-state index in [1.807, 2.05) is 42.5 Å². The summed E-state index contributed by atoms with van der Waals surface area (Å²) >= 11 is 0. The van der Waals surface area contributed by atoms with Crippen LogP contribution < -0.4 is 10.6 Å². The molecule has 0 saturated heterocycles. The normalized spacial score (nSPS) is 17.5. The summed E-state index contributed by atoms with van der Waals surface area (Å²) in [6.45, 7) is 1.75. The SMILES string of the molecule is Cc1nc(-c2ccc(-c3ccc4cc(C(=O)NC5(C(=O)NC6(C#N)CC6)CCCCC5)oc4c3)cc2)no1. The zero-order valence-corrected chi connectivity index (χ0v) is 21.0. The van der Waals surface area contributed by atoms with Gasteiger partial charge in [0.15, 0.2) is 5.76 Å². The second-order valence-electron chi connectivity index (χ2n) is 10.3. The summed E-state index contributed by atoms with van der Waals surface area (Å²) in [6, 6.07) is 17.5. The van der Waals surface area contributed by atoms with Crippen LogP contribution in [0.3, 0.4) is 0 Å². The van der Waals surface area contributed by atoms with Gasteiger partial charge in [-0.3, -0.25) is 9.59 Å². The summed E-state index contributed by atoms with van der Waals surface area (Å²) in [6.07, 6.45) is 5.04. The van der Waals surface area contributed by atoms with Gasteiger partial charge in [0.05, 0.1) is 6.07 Å². The number of carbonyl (C=O) groups is 2. The summed E-state index contributed by atoms with van der Waals surface area (Å²) in [7, 11) is 0. The lowest BCUT2D eigenvalue weighted by Crippen LogP contribution is -2.61. The van der Waals surface area contributed by atoms with Crippen molar-refractivity contribution in [3.8, 4) is 28.6 Å². The lowest BCUT2D eigenvalue weighted by molar-refractivity contribution is -0.129. The third kappa shape index (κ3) is 4.43. The molecule has 2 aliphatic rings. The minimum Gasteiger partial charge on any atom is -0.451 e. The van der Waals surface area contributed by atoms with E-state index in [0.29, 0.717) is 43.0 Å². The molecule has 2 fully saturated rings. The number of aryl methyl sites for hydroxylation is 1. The van der Waals surface area contributed by atoms with E-state index in [0.717, 1.165) is 41.3 Å². The smallest absolute Gasteiger partial charge is 0.287 e. The zero-order valence-electron chi connectivity index (χ0n) is 21.0. The van der Waals surface area contributed by atoms with Crippen molar-refractivity contribution in [3.05, 3.63) is 60.2 Å². The van der Waals surface area contributed by atoms with E-state index in [9.17, 15) is 14.9 Å². The van der Waals surface area contributed by atoms with Crippen molar-refractivity contribution in [2.75, 3.05) is 0 Å². The molecule has 2 N–H and O–H groups in total. The molecule has 9 heteroatoms. The van der Waals surface area contributed by atoms with Crippen molar-refractivity contribution in [2.24, 2.45) is 0 Å². The third-order valence-electron chi connectivity index (χ3n) is 7.56. The van der Waals surface area contributed by atoms with Crippen molar-refractivity contribution < 1.29 is 18.5 Å². The number of furan rings is 1. The van der Waals surface area contributed by atoms with E-state index in [-0.39, 0.29) is 11.7 Å². The fraction of sp³-hybridized carbons (Fsp3) is 0.345. The Morgan fingerprint density at radius 1 is 0.921 bits per heavy atom. The number of fused-ring (bicyclic) bond motifs is 1. The fourth-order valence-corrected chi connectivity index (χ4v) is 5.12. The van der Waals surface area contributed by atoms with E-state index >= 15 is 0 Å². The minimum absolute atomic E-state index is 0.152. The Bertz CT molecular complexity index is 1570. The Balaban J connectivity index is 1.22. The molecule has 0 atom stereocenters. The molecular formula is C29H27N5O4. The van der Waals surface area contributed by atoms with E-state index in [1.54, 1.807) is 13.0 Å². The van der Waals surface area contributed by atoms with E-state index < -0.39 is 17.0 Å². The van der Waals surface area contributed by atoms with Crippen molar-refractivity contribution in [1.29, 1.82) is 5.26 Å². The number of carbonyl (C=O) groups excluding carboxylic acids is 2. The van der Waals surface area contributed by atoms with Gasteiger partial charge in [-0.2, -0.15) is 10.2 Å². The van der Waals surface area contributed by atoms with Gasteiger partial charge in [0.25, 0.3) is 5.91 Å². The van der Waals surface area contributed by atoms with Crippen LogP contribution in [0.5, 0.6) is 0 Å². The first-order valence-electron chi connectivity index (χ1n) is 12.9. The highest BCUT2D eigenvalue weighted by molar-refractivity contribution is 6.00. The number of rotatable bonds is 6. The van der Waals surface area contributed by atoms with Crippen molar-refractivity contribution in [2.45, 2.75) is 62.9 Å². The predicted molar refractivity (Wildman–Crippen MR) is 139 cm³/mol. The van der Waals surface area contributed by atoms with Crippen molar-refractivity contribution >= 4 is 22.8 Å². The molecule has 4 aromatic rings. The quantitative estimate of drug-likeness (QED) is 0.371. The largest absolute Gasteiger partial charge is 0.451 e. The average Bonchev–Trinajstić information content (AvgIpc) is 3.36. The molecule has 192 valence electrons. The Kier molecular flexibility index (Phi) is 5.75. The monoisotopic (exact) mass is 509 g/mol. The second kappa shape index (κ2) is 9.14. The molecule has 2 aromatic carbocycles. The Hall–Kier alpha value is -4.45. The van der Waals surface area contributed by atoms with Gasteiger partial charge in [0.1, 0.15) is 16.7 Å². The van der Waals surface area contributed by atoms with E-state index in [1.165, 1.54) is 0 Å². The number of aromatic nitrogens is 2. The van der Waals surface area contributed by atoms with E-state index in [2.05, 4.69) is 26.8 Å². The van der Waals surface area contributed by atoms with Crippen LogP contribution >= 0.6 is 0 Å². The molecule has 2 heterocycles. The number of amides is 2. The summed E-state index contributed by atoms with van der Waals surface area (Å²) in [5.41, 5.74) is 1.52. The number of nitrogens with zero attached hydrogens (tertiary/aromatic N) is 3. The van der Waals surface area contributed by atoms with Gasteiger partial charge in [0.2, 0.25) is 17.6 Å². The first kappa shape index (κ1) is 23.9. The van der Waals surface area contributed by atoms with E-state index in [4.69, 9.17) is 8.94 Å². The lowest BCUT2D eigenvalue weighted by atomic mass is 9.80. The van der Waals surface area contributed by atoms with Gasteiger partial charge in [-0.25, -0.2) is 0 Å². The van der Waals surface area contributed by atoms with Gasteiger partial charge in [-0.05, 0) is 48.9 Å². The summed E-state index contributed by atoms with van der Waals surface area (Å²) in [5.74, 6) is 0.495. The molecular weight excluding hydrogens is 482 g/mol. The Labute approximate surface area is 219 Å². The molecule has 6 rings (SSSR count). The van der Waals surface area contributed by atoms with Crippen LogP contribution in [0.25, 0.3) is 33.5 Å². The Morgan fingerprint density at radius 2 is 1.63 bits per heavy atom. The highest BCUT2D eigenvalue weighted by Gasteiger charge is 2.50. The van der Waals surface area contributed by atoms with Gasteiger partial charge in [-0.1, -0.05) is 60.8 Å². The van der Waals surface area contributed by atoms with Gasteiger partial charge >= 0.3 is 0 Å². The molecule has 0 unspecified atom stereocenters. The third-order valence-corrected chi connectivity index (χ3v) is 7.56. The molecule has 0 radical (unpaired) electrons. The fourth-order valence-electron chi connectivity index (χ4n) is 5.12. The molecule has 0 spiro atoms. The molecule has 2 amide bonds. The maximum atomic E-state index is 13.3. The molecule has 38 heavy (non-hydrogen) atoms. The summed E-state index contributed by atoms with van der Waals surface area (Å²) in [5, 5.41) is 20.0. The highest BCUT2D eigenvalue weighted by Crippen LogP contribution is 2.37. The summed E-state index contributed by atoms with van der Waals surface area (Å²) < 4.78 is 11.0. The summed E-state index contributed by atoms with van der Waals surface area (Å²) in [4.78, 5) is 30.8. The Morgan fingerprint density at radius 3 is 2.29 bits per heavy atom. The number of benzene rings is 2. The number of nitrogens with one attached hydrogen (secondary N) is 2. The first-order chi connectivity index (χ1) is 18.4. The molecule has 9 nitrogen and oxygen atoms in total. The van der Waals surface area contributed by atoms with Crippen LogP contribution in [-0.4, -0.2) is 33.0 Å². The number of hydrogen-bond acceptors (Lipinski definition) is 7. The molecule has 2 aliphatic carbocycles. The molecule has 0 bridgehead atoms. The predicted octanol–water partition coefficient (Wildman–Crippen LogP) is 5.06. The average molecular weight is 510 g/mol. The molecule has 0 aliphatic heterocycles. The van der Waals surface area contributed by atoms with Gasteiger partial charge in [0, 0.05) is 17.9 Å². The van der Waals surface area contributed by atoms with Crippen LogP contribution in [0.4, 0.5) is 0 Å². The van der Waals surface area contributed by atoms with Crippen LogP contribution in [0.1, 0.15) is 61.4 Å². The van der Waals surface area contributed by atoms with Crippen molar-refractivity contribution in [3.63, 3.8) is 0 Å². The van der Waals surface area contributed by atoms with Crippen LogP contribution in [-0.2, 0) is 4.79 Å². The minimum atomic E-state index is -1.04. The topological polar surface area (TPSA) is 134 Å². The maximum Gasteiger partial charge on any atom is 0.287 e. The van der Waals surface area contributed by atoms with Crippen LogP contribution in [0.2, 0.25) is 0 Å². The lowest BCUT2D eigenvalue weighted by Gasteiger charge is -2.37. The standard InChI is InChI=1S/C29H27N5O4/c1-18-31-25(34-38-18)20-7-5-19(6-8-20)21-9-10-22-16-24(37-23(22)15-21)26(35)32-29(11-3-2-4-12-29)27(36)33-28(17-30)13-14-28/h5-10,15-16H,2-4,11-14H2,1H3,(H,32,35)(H,33,36). The van der Waals surface area contributed by atoms with Gasteiger partial charge in [-0.15, -0.1) is 0 Å². The van der Waals surface area contributed by atoms with Gasteiger partial charge < -0.3 is 19.6 Å². The number of nitriles is 1. The first-order valence-corrected chi connectivity index (χ1v) is 12.9. The molecule has 2 saturated carbocycles. The van der Waals surface area contributed by atoms with Crippen molar-refractivity contribution in [1.82, 2.24) is 20.8 Å². The maximum absolute atomic E-state index is 13.3. The van der Waals surface area contributed by atoms with Crippen LogP contribution in [0.15, 0.2) is 57.5 Å². The van der Waals surface area contributed by atoms with Crippen LogP contribution in [0, 0.1) is 18.3 Å². The second-order valence-corrected chi connectivity index (χ2v) is 10.3.